The zero-order chi connectivity index (χ0) is 12.4. The summed E-state index contributed by atoms with van der Waals surface area (Å²) < 4.78 is 7.07. The Morgan fingerprint density at radius 1 is 1.41 bits per heavy atom. The predicted octanol–water partition coefficient (Wildman–Crippen LogP) is 2.10. The molecule has 0 saturated heterocycles. The first-order valence-electron chi connectivity index (χ1n) is 5.72. The lowest BCUT2D eigenvalue weighted by molar-refractivity contribution is 0.199. The van der Waals surface area contributed by atoms with Crippen LogP contribution in [0.15, 0.2) is 23.0 Å². The average molecular weight is 235 g/mol. The lowest BCUT2D eigenvalue weighted by atomic mass is 10.2. The molecule has 0 saturated carbocycles. The number of aliphatic hydroxyl groups excluding tert-OH is 1. The molecule has 5 nitrogen and oxygen atoms in total. The van der Waals surface area contributed by atoms with E-state index in [9.17, 15) is 5.11 Å². The summed E-state index contributed by atoms with van der Waals surface area (Å²) in [6.45, 7) is 6.32. The Kier molecular flexibility index (Phi) is 3.28. The molecule has 0 fully saturated rings. The van der Waals surface area contributed by atoms with Gasteiger partial charge in [-0.15, -0.1) is 0 Å². The van der Waals surface area contributed by atoms with E-state index in [0.717, 1.165) is 11.4 Å². The van der Waals surface area contributed by atoms with E-state index in [0.29, 0.717) is 12.4 Å². The molecule has 1 atom stereocenters. The number of aromatic nitrogens is 3. The number of aliphatic hydroxyl groups is 1. The topological polar surface area (TPSA) is 64.1 Å². The number of hydrogen-bond donors (Lipinski definition) is 1. The van der Waals surface area contributed by atoms with Gasteiger partial charge in [0.25, 0.3) is 0 Å². The lowest BCUT2D eigenvalue weighted by Crippen LogP contribution is -1.98. The van der Waals surface area contributed by atoms with Crippen molar-refractivity contribution in [1.29, 1.82) is 0 Å². The molecule has 92 valence electrons. The van der Waals surface area contributed by atoms with Gasteiger partial charge in [-0.05, 0) is 18.6 Å². The summed E-state index contributed by atoms with van der Waals surface area (Å²) in [4.78, 5) is 4.30. The van der Waals surface area contributed by atoms with Crippen LogP contribution in [0.2, 0.25) is 0 Å². The molecule has 0 spiro atoms. The van der Waals surface area contributed by atoms with Crippen LogP contribution in [0.4, 0.5) is 0 Å². The summed E-state index contributed by atoms with van der Waals surface area (Å²) in [5, 5.41) is 13.3. The normalized spacial score (nSPS) is 13.2. The quantitative estimate of drug-likeness (QED) is 0.881. The van der Waals surface area contributed by atoms with E-state index in [1.165, 1.54) is 0 Å². The van der Waals surface area contributed by atoms with Gasteiger partial charge in [-0.1, -0.05) is 19.0 Å². The SMILES string of the molecule is CC(C)c1noc(Cn2ccc(C(C)O)c2)n1. The van der Waals surface area contributed by atoms with Gasteiger partial charge in [0.1, 0.15) is 6.54 Å². The fourth-order valence-corrected chi connectivity index (χ4v) is 1.53. The van der Waals surface area contributed by atoms with Crippen LogP contribution in [0.3, 0.4) is 0 Å². The molecule has 0 bridgehead atoms. The molecular formula is C12H17N3O2. The van der Waals surface area contributed by atoms with E-state index in [1.54, 1.807) is 6.92 Å². The Bertz CT molecular complexity index is 441. The first-order valence-corrected chi connectivity index (χ1v) is 5.72. The third-order valence-corrected chi connectivity index (χ3v) is 2.57. The van der Waals surface area contributed by atoms with Crippen LogP contribution in [0.5, 0.6) is 0 Å². The second-order valence-electron chi connectivity index (χ2n) is 4.49. The zero-order valence-electron chi connectivity index (χ0n) is 10.3. The third kappa shape index (κ3) is 2.74. The fraction of sp³-hybridized carbons (Fsp3) is 0.500. The highest BCUT2D eigenvalue weighted by Gasteiger charge is 2.10. The Labute approximate surface area is 100 Å². The summed E-state index contributed by atoms with van der Waals surface area (Å²) >= 11 is 0. The van der Waals surface area contributed by atoms with Crippen LogP contribution in [-0.2, 0) is 6.54 Å². The largest absolute Gasteiger partial charge is 0.389 e. The van der Waals surface area contributed by atoms with Crippen molar-refractivity contribution in [3.05, 3.63) is 35.7 Å². The van der Waals surface area contributed by atoms with Crippen molar-refractivity contribution in [2.75, 3.05) is 0 Å². The van der Waals surface area contributed by atoms with Crippen molar-refractivity contribution in [2.45, 2.75) is 39.3 Å². The second-order valence-corrected chi connectivity index (χ2v) is 4.49. The number of rotatable bonds is 4. The van der Waals surface area contributed by atoms with Crippen molar-refractivity contribution in [2.24, 2.45) is 0 Å². The van der Waals surface area contributed by atoms with Crippen LogP contribution in [0, 0.1) is 0 Å². The predicted molar refractivity (Wildman–Crippen MR) is 62.6 cm³/mol. The van der Waals surface area contributed by atoms with Crippen molar-refractivity contribution in [3.63, 3.8) is 0 Å². The van der Waals surface area contributed by atoms with Crippen molar-refractivity contribution in [3.8, 4) is 0 Å². The standard InChI is InChI=1S/C12H17N3O2/c1-8(2)12-13-11(17-14-12)7-15-5-4-10(6-15)9(3)16/h4-6,8-9,16H,7H2,1-3H3. The van der Waals surface area contributed by atoms with Crippen molar-refractivity contribution >= 4 is 0 Å². The van der Waals surface area contributed by atoms with Gasteiger partial charge in [-0.3, -0.25) is 0 Å². The Morgan fingerprint density at radius 2 is 2.18 bits per heavy atom. The van der Waals surface area contributed by atoms with Gasteiger partial charge in [0.05, 0.1) is 6.10 Å². The van der Waals surface area contributed by atoms with Crippen LogP contribution in [0.1, 0.15) is 50.1 Å². The summed E-state index contributed by atoms with van der Waals surface area (Å²) in [5.41, 5.74) is 0.883. The molecule has 0 aliphatic carbocycles. The average Bonchev–Trinajstić information content (AvgIpc) is 2.87. The van der Waals surface area contributed by atoms with Crippen molar-refractivity contribution in [1.82, 2.24) is 14.7 Å². The molecule has 2 rings (SSSR count). The molecule has 0 amide bonds. The van der Waals surface area contributed by atoms with Crippen LogP contribution in [-0.4, -0.2) is 19.8 Å². The molecule has 2 aromatic rings. The van der Waals surface area contributed by atoms with Crippen LogP contribution >= 0.6 is 0 Å². The molecular weight excluding hydrogens is 218 g/mol. The first-order chi connectivity index (χ1) is 8.06. The van der Waals surface area contributed by atoms with Gasteiger partial charge < -0.3 is 14.2 Å². The maximum atomic E-state index is 9.42. The van der Waals surface area contributed by atoms with E-state index < -0.39 is 6.10 Å². The molecule has 5 heteroatoms. The third-order valence-electron chi connectivity index (χ3n) is 2.57. The van der Waals surface area contributed by atoms with Gasteiger partial charge >= 0.3 is 0 Å². The minimum Gasteiger partial charge on any atom is -0.389 e. The Balaban J connectivity index is 2.08. The molecule has 0 aliphatic heterocycles. The highest BCUT2D eigenvalue weighted by Crippen LogP contribution is 2.14. The molecule has 2 aromatic heterocycles. The molecule has 0 radical (unpaired) electrons. The van der Waals surface area contributed by atoms with Gasteiger partial charge in [0, 0.05) is 18.3 Å². The maximum absolute atomic E-state index is 9.42. The Morgan fingerprint density at radius 3 is 2.71 bits per heavy atom. The molecule has 17 heavy (non-hydrogen) atoms. The molecule has 1 N–H and O–H groups in total. The highest BCUT2D eigenvalue weighted by atomic mass is 16.5. The first kappa shape index (κ1) is 11.9. The van der Waals surface area contributed by atoms with Gasteiger partial charge in [-0.2, -0.15) is 4.98 Å². The summed E-state index contributed by atoms with van der Waals surface area (Å²) in [6, 6.07) is 1.88. The van der Waals surface area contributed by atoms with E-state index in [1.807, 2.05) is 36.9 Å². The molecule has 0 aromatic carbocycles. The van der Waals surface area contributed by atoms with Gasteiger partial charge in [0.2, 0.25) is 5.89 Å². The number of hydrogen-bond acceptors (Lipinski definition) is 4. The molecule has 0 aliphatic rings. The fourth-order valence-electron chi connectivity index (χ4n) is 1.53. The van der Waals surface area contributed by atoms with Gasteiger partial charge in [-0.25, -0.2) is 0 Å². The van der Waals surface area contributed by atoms with E-state index in [2.05, 4.69) is 10.1 Å². The molecule has 2 heterocycles. The smallest absolute Gasteiger partial charge is 0.246 e. The second kappa shape index (κ2) is 4.71. The minimum atomic E-state index is -0.454. The maximum Gasteiger partial charge on any atom is 0.246 e. The van der Waals surface area contributed by atoms with E-state index in [-0.39, 0.29) is 5.92 Å². The summed E-state index contributed by atoms with van der Waals surface area (Å²) in [5.74, 6) is 1.58. The number of nitrogens with zero attached hydrogens (tertiary/aromatic N) is 3. The van der Waals surface area contributed by atoms with Crippen molar-refractivity contribution < 1.29 is 9.63 Å². The van der Waals surface area contributed by atoms with E-state index >= 15 is 0 Å². The molecule has 1 unspecified atom stereocenters. The monoisotopic (exact) mass is 235 g/mol. The van der Waals surface area contributed by atoms with E-state index in [4.69, 9.17) is 4.52 Å². The lowest BCUT2D eigenvalue weighted by Gasteiger charge is -1.99. The van der Waals surface area contributed by atoms with Crippen LogP contribution in [0.25, 0.3) is 0 Å². The van der Waals surface area contributed by atoms with Crippen LogP contribution < -0.4 is 0 Å². The summed E-state index contributed by atoms with van der Waals surface area (Å²) in [7, 11) is 0. The Hall–Kier alpha value is -1.62. The summed E-state index contributed by atoms with van der Waals surface area (Å²) in [6.07, 6.45) is 3.32. The highest BCUT2D eigenvalue weighted by molar-refractivity contribution is 5.13. The van der Waals surface area contributed by atoms with Gasteiger partial charge in [0.15, 0.2) is 5.82 Å². The zero-order valence-corrected chi connectivity index (χ0v) is 10.3. The minimum absolute atomic E-state index is 0.269.